The SMILES string of the molecule is CCC/C=C/[C@@H]1CC(=O)NCc2nc(cs2)C2=N[C@@](C)(CS2)C(=O)N[C@@H](CC2=CCC=N2)C(=O)O1. The fraction of sp³-hybridized carbons (Fsp3) is 0.500. The van der Waals surface area contributed by atoms with E-state index in [1.807, 2.05) is 24.5 Å². The summed E-state index contributed by atoms with van der Waals surface area (Å²) in [6.45, 7) is 4.07. The van der Waals surface area contributed by atoms with Gasteiger partial charge in [0, 0.05) is 35.9 Å². The summed E-state index contributed by atoms with van der Waals surface area (Å²) >= 11 is 2.88. The maximum absolute atomic E-state index is 13.3. The summed E-state index contributed by atoms with van der Waals surface area (Å²) in [7, 11) is 0. The summed E-state index contributed by atoms with van der Waals surface area (Å²) in [6, 6.07) is -0.950. The van der Waals surface area contributed by atoms with Gasteiger partial charge >= 0.3 is 5.97 Å². The Kier molecular flexibility index (Phi) is 8.17. The second-order valence-electron chi connectivity index (χ2n) is 8.75. The van der Waals surface area contributed by atoms with E-state index in [0.29, 0.717) is 28.6 Å². The van der Waals surface area contributed by atoms with Gasteiger partial charge in [-0.05, 0) is 19.4 Å². The normalized spacial score (nSPS) is 27.4. The Bertz CT molecular complexity index is 1110. The number of nitrogens with zero attached hydrogens (tertiary/aromatic N) is 3. The second-order valence-corrected chi connectivity index (χ2v) is 10.7. The molecule has 0 spiro atoms. The predicted molar refractivity (Wildman–Crippen MR) is 138 cm³/mol. The highest BCUT2D eigenvalue weighted by Crippen LogP contribution is 2.32. The van der Waals surface area contributed by atoms with Crippen LogP contribution in [0, 0.1) is 0 Å². The fourth-order valence-corrected chi connectivity index (χ4v) is 5.65. The molecule has 0 aliphatic carbocycles. The van der Waals surface area contributed by atoms with Gasteiger partial charge in [0.15, 0.2) is 0 Å². The number of thioether (sulfide) groups is 1. The highest BCUT2D eigenvalue weighted by Gasteiger charge is 2.41. The molecule has 0 radical (unpaired) electrons. The number of rotatable bonds is 5. The van der Waals surface area contributed by atoms with Crippen molar-refractivity contribution < 1.29 is 19.1 Å². The van der Waals surface area contributed by atoms with Gasteiger partial charge in [-0.3, -0.25) is 19.6 Å². The molecule has 1 aromatic heterocycles. The second kappa shape index (κ2) is 11.3. The molecule has 186 valence electrons. The molecule has 0 aromatic carbocycles. The minimum absolute atomic E-state index is 0.0218. The van der Waals surface area contributed by atoms with E-state index in [0.717, 1.165) is 17.8 Å². The van der Waals surface area contributed by atoms with E-state index in [2.05, 4.69) is 25.6 Å². The Labute approximate surface area is 212 Å². The zero-order valence-electron chi connectivity index (χ0n) is 19.8. The van der Waals surface area contributed by atoms with E-state index in [-0.39, 0.29) is 31.2 Å². The molecule has 4 rings (SSSR count). The van der Waals surface area contributed by atoms with Gasteiger partial charge in [-0.15, -0.1) is 23.1 Å². The van der Waals surface area contributed by atoms with Crippen LogP contribution >= 0.6 is 23.1 Å². The third kappa shape index (κ3) is 6.46. The lowest BCUT2D eigenvalue weighted by Gasteiger charge is -2.25. The predicted octanol–water partition coefficient (Wildman–Crippen LogP) is 2.92. The number of cyclic esters (lactones) is 1. The van der Waals surface area contributed by atoms with Crippen molar-refractivity contribution in [2.45, 2.75) is 70.2 Å². The third-order valence-corrected chi connectivity index (χ3v) is 7.84. The van der Waals surface area contributed by atoms with Crippen molar-refractivity contribution in [1.29, 1.82) is 0 Å². The zero-order chi connectivity index (χ0) is 24.8. The number of fused-ring (bicyclic) bond motifs is 4. The summed E-state index contributed by atoms with van der Waals surface area (Å²) in [6.07, 6.45) is 9.15. The van der Waals surface area contributed by atoms with Crippen LogP contribution in [0.25, 0.3) is 0 Å². The molecule has 35 heavy (non-hydrogen) atoms. The molecule has 4 bridgehead atoms. The van der Waals surface area contributed by atoms with E-state index in [1.165, 1.54) is 23.1 Å². The first-order valence-electron chi connectivity index (χ1n) is 11.7. The lowest BCUT2D eigenvalue weighted by Crippen LogP contribution is -2.51. The number of carbonyl (C=O) groups excluding carboxylic acids is 3. The number of thiazole rings is 1. The van der Waals surface area contributed by atoms with Gasteiger partial charge in [-0.25, -0.2) is 9.78 Å². The molecule has 9 nitrogen and oxygen atoms in total. The van der Waals surface area contributed by atoms with E-state index in [1.54, 1.807) is 19.2 Å². The van der Waals surface area contributed by atoms with Crippen LogP contribution in [-0.2, 0) is 25.7 Å². The molecule has 11 heteroatoms. The first kappa shape index (κ1) is 25.3. The number of hydrogen-bond acceptors (Lipinski definition) is 9. The first-order valence-corrected chi connectivity index (χ1v) is 13.6. The Balaban J connectivity index is 1.64. The molecule has 0 saturated heterocycles. The van der Waals surface area contributed by atoms with Crippen LogP contribution in [-0.4, -0.2) is 57.5 Å². The molecule has 0 fully saturated rings. The van der Waals surface area contributed by atoms with Gasteiger partial charge in [0.1, 0.15) is 33.4 Å². The number of aliphatic imine (C=N–C) groups is 2. The monoisotopic (exact) mass is 515 g/mol. The van der Waals surface area contributed by atoms with Crippen molar-refractivity contribution in [2.24, 2.45) is 9.98 Å². The van der Waals surface area contributed by atoms with Gasteiger partial charge in [0.25, 0.3) is 0 Å². The smallest absolute Gasteiger partial charge is 0.329 e. The number of unbranched alkanes of at least 4 members (excludes halogenated alkanes) is 1. The summed E-state index contributed by atoms with van der Waals surface area (Å²) in [5.74, 6) is -0.781. The van der Waals surface area contributed by atoms with Crippen LogP contribution in [0.15, 0.2) is 39.3 Å². The fourth-order valence-electron chi connectivity index (χ4n) is 3.72. The molecule has 2 amide bonds. The Morgan fingerprint density at radius 1 is 1.31 bits per heavy atom. The lowest BCUT2D eigenvalue weighted by atomic mass is 10.0. The average Bonchev–Trinajstić information content (AvgIpc) is 3.58. The van der Waals surface area contributed by atoms with Crippen molar-refractivity contribution in [2.75, 3.05) is 5.75 Å². The standard InChI is InChI=1S/C24H29N5O4S2/c1-3-4-5-8-16-11-19(30)26-12-20-27-18(13-34-20)21-29-24(2,14-35-21)23(32)28-17(22(31)33-16)10-15-7-6-9-25-15/h5,7-9,13,16-17H,3-4,6,10-12,14H2,1-2H3,(H,26,30)(H,28,32)/b8-5+/t16-,17+,24+/m1/s1. The van der Waals surface area contributed by atoms with Crippen molar-refractivity contribution in [1.82, 2.24) is 15.6 Å². The molecule has 3 aliphatic rings. The van der Waals surface area contributed by atoms with E-state index in [4.69, 9.17) is 4.74 Å². The Morgan fingerprint density at radius 2 is 2.17 bits per heavy atom. The number of ether oxygens (including phenoxy) is 1. The Morgan fingerprint density at radius 3 is 2.94 bits per heavy atom. The molecule has 1 aromatic rings. The average molecular weight is 516 g/mol. The minimum atomic E-state index is -1.04. The summed E-state index contributed by atoms with van der Waals surface area (Å²) in [4.78, 5) is 52.8. The number of aromatic nitrogens is 1. The molecule has 0 saturated carbocycles. The van der Waals surface area contributed by atoms with Crippen LogP contribution in [0.5, 0.6) is 0 Å². The van der Waals surface area contributed by atoms with E-state index in [9.17, 15) is 14.4 Å². The first-order chi connectivity index (χ1) is 16.9. The topological polar surface area (TPSA) is 122 Å². The number of esters is 1. The van der Waals surface area contributed by atoms with Gasteiger partial charge in [0.05, 0.1) is 13.0 Å². The lowest BCUT2D eigenvalue weighted by molar-refractivity contribution is -0.152. The van der Waals surface area contributed by atoms with Crippen molar-refractivity contribution in [3.63, 3.8) is 0 Å². The number of amides is 2. The summed E-state index contributed by atoms with van der Waals surface area (Å²) < 4.78 is 5.75. The quantitative estimate of drug-likeness (QED) is 0.459. The highest BCUT2D eigenvalue weighted by atomic mass is 32.2. The highest BCUT2D eigenvalue weighted by molar-refractivity contribution is 8.14. The third-order valence-electron chi connectivity index (χ3n) is 5.71. The van der Waals surface area contributed by atoms with E-state index >= 15 is 0 Å². The molecule has 3 atom stereocenters. The molecule has 0 unspecified atom stereocenters. The molecule has 2 N–H and O–H groups in total. The maximum atomic E-state index is 13.3. The number of hydrogen-bond donors (Lipinski definition) is 2. The van der Waals surface area contributed by atoms with Crippen molar-refractivity contribution in [3.8, 4) is 0 Å². The molecule has 3 aliphatic heterocycles. The molecular weight excluding hydrogens is 486 g/mol. The van der Waals surface area contributed by atoms with Crippen molar-refractivity contribution >= 4 is 52.1 Å². The van der Waals surface area contributed by atoms with Crippen LogP contribution in [0.1, 0.15) is 56.7 Å². The van der Waals surface area contributed by atoms with Crippen molar-refractivity contribution in [3.05, 3.63) is 40.0 Å². The maximum Gasteiger partial charge on any atom is 0.329 e. The summed E-state index contributed by atoms with van der Waals surface area (Å²) in [5, 5.41) is 9.01. The molecule has 4 heterocycles. The molecular formula is C24H29N5O4S2. The van der Waals surface area contributed by atoms with Crippen LogP contribution < -0.4 is 10.6 Å². The number of nitrogens with one attached hydrogen (secondary N) is 2. The summed E-state index contributed by atoms with van der Waals surface area (Å²) in [5.41, 5.74) is 0.360. The van der Waals surface area contributed by atoms with Crippen LogP contribution in [0.4, 0.5) is 0 Å². The number of allylic oxidation sites excluding steroid dienone is 2. The van der Waals surface area contributed by atoms with Gasteiger partial charge < -0.3 is 15.4 Å². The van der Waals surface area contributed by atoms with Gasteiger partial charge in [-0.2, -0.15) is 0 Å². The van der Waals surface area contributed by atoms with Crippen LogP contribution in [0.2, 0.25) is 0 Å². The van der Waals surface area contributed by atoms with Crippen LogP contribution in [0.3, 0.4) is 0 Å². The van der Waals surface area contributed by atoms with Gasteiger partial charge in [-0.1, -0.05) is 25.5 Å². The minimum Gasteiger partial charge on any atom is -0.456 e. The van der Waals surface area contributed by atoms with E-state index < -0.39 is 23.7 Å². The largest absolute Gasteiger partial charge is 0.456 e. The zero-order valence-corrected chi connectivity index (χ0v) is 21.4. The van der Waals surface area contributed by atoms with Gasteiger partial charge in [0.2, 0.25) is 11.8 Å². The Hall–Kier alpha value is -2.79. The number of carbonyl (C=O) groups is 3.